The summed E-state index contributed by atoms with van der Waals surface area (Å²) >= 11 is 0. The van der Waals surface area contributed by atoms with Crippen molar-refractivity contribution in [3.63, 3.8) is 0 Å². The van der Waals surface area contributed by atoms with Crippen molar-refractivity contribution in [1.29, 1.82) is 0 Å². The number of nitrogens with one attached hydrogen (secondary N) is 1. The molecule has 0 radical (unpaired) electrons. The molecule has 2 aromatic rings. The summed E-state index contributed by atoms with van der Waals surface area (Å²) in [5.74, 6) is 0. The lowest BCUT2D eigenvalue weighted by molar-refractivity contribution is -0.413. The summed E-state index contributed by atoms with van der Waals surface area (Å²) in [4.78, 5) is 3.21. The number of H-pyrrole nitrogens is 1. The smallest absolute Gasteiger partial charge is 0.0856 e. The van der Waals surface area contributed by atoms with Crippen molar-refractivity contribution in [2.75, 3.05) is 0 Å². The minimum atomic E-state index is 0.473. The van der Waals surface area contributed by atoms with Crippen LogP contribution in [0.1, 0.15) is 12.5 Å². The van der Waals surface area contributed by atoms with Gasteiger partial charge in [0.15, 0.2) is 0 Å². The number of fused-ring (bicyclic) bond motifs is 1. The van der Waals surface area contributed by atoms with Gasteiger partial charge in [0.1, 0.15) is 0 Å². The Bertz CT molecular complexity index is 401. The molecule has 1 aromatic carbocycles. The topological polar surface area (TPSA) is 43.4 Å². The Morgan fingerprint density at radius 1 is 1.38 bits per heavy atom. The van der Waals surface area contributed by atoms with Gasteiger partial charge in [-0.1, -0.05) is 12.1 Å². The Morgan fingerprint density at radius 3 is 3.00 bits per heavy atom. The molecule has 1 atom stereocenters. The first-order valence-corrected chi connectivity index (χ1v) is 4.65. The molecule has 13 heavy (non-hydrogen) atoms. The van der Waals surface area contributed by atoms with Gasteiger partial charge >= 0.3 is 0 Å². The minimum Gasteiger partial charge on any atom is -0.361 e. The van der Waals surface area contributed by atoms with Crippen LogP contribution in [0.4, 0.5) is 0 Å². The van der Waals surface area contributed by atoms with Gasteiger partial charge in [-0.05, 0) is 24.6 Å². The van der Waals surface area contributed by atoms with Crippen LogP contribution in [0.15, 0.2) is 30.5 Å². The molecule has 0 bridgehead atoms. The predicted octanol–water partition coefficient (Wildman–Crippen LogP) is 1.34. The molecule has 0 aliphatic heterocycles. The average molecular weight is 175 g/mol. The second-order valence-electron chi connectivity index (χ2n) is 3.67. The van der Waals surface area contributed by atoms with Gasteiger partial charge in [0.25, 0.3) is 0 Å². The molecule has 0 saturated carbocycles. The zero-order valence-electron chi connectivity index (χ0n) is 7.88. The van der Waals surface area contributed by atoms with E-state index >= 15 is 0 Å². The molecule has 0 aliphatic rings. The normalized spacial score (nSPS) is 13.4. The fraction of sp³-hybridized carbons (Fsp3) is 0.273. The number of benzene rings is 1. The highest BCUT2D eigenvalue weighted by atomic mass is 14.7. The maximum Gasteiger partial charge on any atom is 0.0856 e. The van der Waals surface area contributed by atoms with Crippen LogP contribution in [0.25, 0.3) is 10.9 Å². The molecule has 2 nitrogen and oxygen atoms in total. The van der Waals surface area contributed by atoms with Crippen molar-refractivity contribution in [3.05, 3.63) is 36.0 Å². The standard InChI is InChI=1S/C11H14N2/c1-8(12)7-9-3-2-4-11-10(9)5-6-13-11/h2-6,8,13H,7,12H2,1H3/p+1. The molecule has 1 heterocycles. The van der Waals surface area contributed by atoms with E-state index in [-0.39, 0.29) is 0 Å². The van der Waals surface area contributed by atoms with E-state index in [0.29, 0.717) is 6.04 Å². The molecule has 1 unspecified atom stereocenters. The first kappa shape index (κ1) is 8.32. The molecule has 0 spiro atoms. The highest BCUT2D eigenvalue weighted by Crippen LogP contribution is 2.17. The van der Waals surface area contributed by atoms with Crippen LogP contribution in [0.2, 0.25) is 0 Å². The molecular formula is C11H15N2+. The van der Waals surface area contributed by atoms with Crippen LogP contribution in [0.3, 0.4) is 0 Å². The highest BCUT2D eigenvalue weighted by molar-refractivity contribution is 5.82. The van der Waals surface area contributed by atoms with E-state index in [2.05, 4.69) is 41.9 Å². The largest absolute Gasteiger partial charge is 0.361 e. The molecule has 1 aromatic heterocycles. The first-order chi connectivity index (χ1) is 6.27. The summed E-state index contributed by atoms with van der Waals surface area (Å²) in [6.07, 6.45) is 3.04. The number of quaternary nitrogens is 1. The summed E-state index contributed by atoms with van der Waals surface area (Å²) < 4.78 is 0. The van der Waals surface area contributed by atoms with E-state index in [0.717, 1.165) is 6.42 Å². The van der Waals surface area contributed by atoms with Gasteiger partial charge in [-0.2, -0.15) is 0 Å². The van der Waals surface area contributed by atoms with Crippen LogP contribution in [0, 0.1) is 0 Å². The third-order valence-electron chi connectivity index (χ3n) is 2.25. The van der Waals surface area contributed by atoms with Crippen molar-refractivity contribution in [1.82, 2.24) is 4.98 Å². The summed E-state index contributed by atoms with van der Waals surface area (Å²) in [5, 5.41) is 1.33. The van der Waals surface area contributed by atoms with Gasteiger partial charge in [-0.3, -0.25) is 0 Å². The highest BCUT2D eigenvalue weighted by Gasteiger charge is 2.04. The summed E-state index contributed by atoms with van der Waals surface area (Å²) in [6.45, 7) is 2.14. The van der Waals surface area contributed by atoms with Crippen molar-refractivity contribution in [3.8, 4) is 0 Å². The second kappa shape index (κ2) is 3.23. The quantitative estimate of drug-likeness (QED) is 0.692. The average Bonchev–Trinajstić information content (AvgIpc) is 2.51. The molecule has 0 aliphatic carbocycles. The molecular weight excluding hydrogens is 160 g/mol. The van der Waals surface area contributed by atoms with Gasteiger partial charge < -0.3 is 10.7 Å². The van der Waals surface area contributed by atoms with Gasteiger partial charge in [-0.25, -0.2) is 0 Å². The molecule has 0 fully saturated rings. The van der Waals surface area contributed by atoms with Crippen LogP contribution < -0.4 is 5.73 Å². The lowest BCUT2D eigenvalue weighted by Gasteiger charge is -2.03. The van der Waals surface area contributed by atoms with E-state index in [4.69, 9.17) is 0 Å². The van der Waals surface area contributed by atoms with Gasteiger partial charge in [0.2, 0.25) is 0 Å². The van der Waals surface area contributed by atoms with E-state index < -0.39 is 0 Å². The van der Waals surface area contributed by atoms with Gasteiger partial charge in [0, 0.05) is 23.5 Å². The van der Waals surface area contributed by atoms with Gasteiger partial charge in [-0.15, -0.1) is 0 Å². The maximum atomic E-state index is 4.01. The van der Waals surface area contributed by atoms with Crippen LogP contribution in [-0.4, -0.2) is 11.0 Å². The van der Waals surface area contributed by atoms with E-state index in [1.54, 1.807) is 0 Å². The number of hydrogen-bond donors (Lipinski definition) is 2. The minimum absolute atomic E-state index is 0.473. The van der Waals surface area contributed by atoms with Gasteiger partial charge in [0.05, 0.1) is 6.04 Å². The van der Waals surface area contributed by atoms with Crippen molar-refractivity contribution >= 4 is 10.9 Å². The zero-order chi connectivity index (χ0) is 9.26. The molecule has 2 heteroatoms. The van der Waals surface area contributed by atoms with Crippen molar-refractivity contribution in [2.24, 2.45) is 0 Å². The summed E-state index contributed by atoms with van der Waals surface area (Å²) in [6, 6.07) is 8.98. The predicted molar refractivity (Wildman–Crippen MR) is 54.4 cm³/mol. The fourth-order valence-electron chi connectivity index (χ4n) is 1.70. The van der Waals surface area contributed by atoms with Crippen molar-refractivity contribution < 1.29 is 5.73 Å². The van der Waals surface area contributed by atoms with E-state index in [9.17, 15) is 0 Å². The Hall–Kier alpha value is -1.28. The number of aromatic amines is 1. The lowest BCUT2D eigenvalue weighted by atomic mass is 10.0. The summed E-state index contributed by atoms with van der Waals surface area (Å²) in [5.41, 5.74) is 6.63. The zero-order valence-corrected chi connectivity index (χ0v) is 7.88. The lowest BCUT2D eigenvalue weighted by Crippen LogP contribution is -2.60. The van der Waals surface area contributed by atoms with E-state index in [1.165, 1.54) is 16.5 Å². The number of hydrogen-bond acceptors (Lipinski definition) is 0. The first-order valence-electron chi connectivity index (χ1n) is 4.65. The summed E-state index contributed by atoms with van der Waals surface area (Å²) in [7, 11) is 0. The third kappa shape index (κ3) is 1.58. The Balaban J connectivity index is 2.48. The Morgan fingerprint density at radius 2 is 2.23 bits per heavy atom. The van der Waals surface area contributed by atoms with Crippen LogP contribution in [-0.2, 0) is 6.42 Å². The number of aromatic nitrogens is 1. The monoisotopic (exact) mass is 175 g/mol. The molecule has 4 N–H and O–H groups in total. The third-order valence-corrected chi connectivity index (χ3v) is 2.25. The Labute approximate surface area is 77.8 Å². The van der Waals surface area contributed by atoms with Crippen molar-refractivity contribution in [2.45, 2.75) is 19.4 Å². The molecule has 68 valence electrons. The maximum absolute atomic E-state index is 4.01. The molecule has 0 saturated heterocycles. The second-order valence-corrected chi connectivity index (χ2v) is 3.67. The molecule has 2 rings (SSSR count). The Kier molecular flexibility index (Phi) is 2.07. The fourth-order valence-corrected chi connectivity index (χ4v) is 1.70. The molecule has 0 amide bonds. The SMILES string of the molecule is CC([NH3+])Cc1cccc2[nH]ccc12. The van der Waals surface area contributed by atoms with E-state index in [1.807, 2.05) is 6.20 Å². The number of rotatable bonds is 2. The van der Waals surface area contributed by atoms with Crippen LogP contribution in [0.5, 0.6) is 0 Å². The van der Waals surface area contributed by atoms with Crippen LogP contribution >= 0.6 is 0 Å².